The van der Waals surface area contributed by atoms with Crippen molar-refractivity contribution in [1.29, 1.82) is 0 Å². The van der Waals surface area contributed by atoms with E-state index in [9.17, 15) is 36.3 Å². The Morgan fingerprint density at radius 3 is 2.09 bits per heavy atom. The van der Waals surface area contributed by atoms with Crippen LogP contribution in [0.15, 0.2) is 52.3 Å². The lowest BCUT2D eigenvalue weighted by Gasteiger charge is -2.25. The molecule has 0 saturated carbocycles. The number of aliphatic hydroxyl groups is 1. The van der Waals surface area contributed by atoms with Crippen molar-refractivity contribution in [3.05, 3.63) is 53.1 Å². The molecule has 12 heteroatoms. The lowest BCUT2D eigenvalue weighted by molar-refractivity contribution is -0.242. The predicted octanol–water partition coefficient (Wildman–Crippen LogP) is 3.66. The summed E-state index contributed by atoms with van der Waals surface area (Å²) in [5.74, 6) is -1.96. The van der Waals surface area contributed by atoms with Crippen LogP contribution in [-0.2, 0) is 14.6 Å². The van der Waals surface area contributed by atoms with Gasteiger partial charge in [-0.15, -0.1) is 0 Å². The molecule has 0 bridgehead atoms. The minimum atomic E-state index is -5.23. The molecule has 1 heterocycles. The van der Waals surface area contributed by atoms with Crippen LogP contribution < -0.4 is 5.32 Å². The van der Waals surface area contributed by atoms with E-state index in [2.05, 4.69) is 0 Å². The molecule has 178 valence electrons. The molecular weight excluding hydrogens is 485 g/mol. The van der Waals surface area contributed by atoms with Crippen LogP contribution in [0.25, 0.3) is 0 Å². The third kappa shape index (κ3) is 4.99. The first-order chi connectivity index (χ1) is 15.2. The number of hydrogen-bond donors (Lipinski definition) is 2. The van der Waals surface area contributed by atoms with Gasteiger partial charge in [0.25, 0.3) is 11.8 Å². The first-order valence-corrected chi connectivity index (χ1v) is 11.7. The Bertz CT molecular complexity index is 1180. The topological polar surface area (TPSA) is 104 Å². The fourth-order valence-electron chi connectivity index (χ4n) is 3.15. The van der Waals surface area contributed by atoms with Crippen molar-refractivity contribution >= 4 is 38.9 Å². The highest BCUT2D eigenvalue weighted by molar-refractivity contribution is 7.91. The van der Waals surface area contributed by atoms with Gasteiger partial charge in [0, 0.05) is 18.7 Å². The number of hydrogen-bond acceptors (Lipinski definition) is 5. The van der Waals surface area contributed by atoms with Crippen molar-refractivity contribution in [3.63, 3.8) is 0 Å². The molecule has 1 aliphatic rings. The van der Waals surface area contributed by atoms with Crippen molar-refractivity contribution in [1.82, 2.24) is 4.90 Å². The number of rotatable bonds is 5. The number of nitrogens with one attached hydrogen (secondary N) is 1. The van der Waals surface area contributed by atoms with E-state index in [0.29, 0.717) is 18.7 Å². The van der Waals surface area contributed by atoms with Crippen molar-refractivity contribution in [3.8, 4) is 0 Å². The molecule has 0 aliphatic carbocycles. The highest BCUT2D eigenvalue weighted by atomic mass is 35.5. The van der Waals surface area contributed by atoms with Gasteiger partial charge in [-0.1, -0.05) is 11.6 Å². The standard InChI is InChI=1S/C21H20ClF3N2O5S/c1-20(30,21(23,24)25)19(29)26-17-9-8-15(12-16(17)22)33(31,32)14-6-4-13(5-7-14)18(28)27-10-2-3-11-27/h4-9,12,30H,2-3,10-11H2,1H3,(H,26,29)/t20-/m1/s1. The second-order valence-electron chi connectivity index (χ2n) is 7.69. The minimum absolute atomic E-state index is 0.117. The van der Waals surface area contributed by atoms with E-state index in [-0.39, 0.29) is 33.3 Å². The number of halogens is 4. The summed E-state index contributed by atoms with van der Waals surface area (Å²) >= 11 is 5.98. The highest BCUT2D eigenvalue weighted by Crippen LogP contribution is 2.33. The van der Waals surface area contributed by atoms with Gasteiger partial charge >= 0.3 is 6.18 Å². The van der Waals surface area contributed by atoms with E-state index >= 15 is 0 Å². The Hall–Kier alpha value is -2.63. The van der Waals surface area contributed by atoms with Crippen molar-refractivity contribution < 1.29 is 36.3 Å². The molecule has 2 amide bonds. The normalized spacial score (nSPS) is 16.4. The number of alkyl halides is 3. The van der Waals surface area contributed by atoms with Crippen LogP contribution in [0.1, 0.15) is 30.1 Å². The van der Waals surface area contributed by atoms with Crippen LogP contribution in [0.3, 0.4) is 0 Å². The van der Waals surface area contributed by atoms with Gasteiger partial charge in [0.1, 0.15) is 0 Å². The molecule has 1 fully saturated rings. The Balaban J connectivity index is 1.81. The average Bonchev–Trinajstić information content (AvgIpc) is 3.28. The van der Waals surface area contributed by atoms with Gasteiger partial charge in [-0.05, 0) is 62.2 Å². The molecule has 2 aromatic rings. The van der Waals surface area contributed by atoms with Gasteiger partial charge in [-0.2, -0.15) is 13.2 Å². The van der Waals surface area contributed by atoms with E-state index < -0.39 is 27.5 Å². The van der Waals surface area contributed by atoms with Gasteiger partial charge < -0.3 is 15.3 Å². The summed E-state index contributed by atoms with van der Waals surface area (Å²) in [7, 11) is -4.07. The summed E-state index contributed by atoms with van der Waals surface area (Å²) < 4.78 is 64.3. The highest BCUT2D eigenvalue weighted by Gasteiger charge is 2.55. The molecule has 0 aromatic heterocycles. The smallest absolute Gasteiger partial charge is 0.373 e. The van der Waals surface area contributed by atoms with Crippen molar-refractivity contribution in [2.75, 3.05) is 18.4 Å². The van der Waals surface area contributed by atoms with E-state index in [1.54, 1.807) is 4.90 Å². The van der Waals surface area contributed by atoms with Gasteiger partial charge in [-0.3, -0.25) is 9.59 Å². The molecule has 0 unspecified atom stereocenters. The van der Waals surface area contributed by atoms with Crippen LogP contribution >= 0.6 is 11.6 Å². The summed E-state index contributed by atoms with van der Waals surface area (Å²) in [4.78, 5) is 25.5. The van der Waals surface area contributed by atoms with Crippen LogP contribution in [-0.4, -0.2) is 55.1 Å². The molecule has 2 N–H and O–H groups in total. The van der Waals surface area contributed by atoms with Gasteiger partial charge in [-0.25, -0.2) is 8.42 Å². The first-order valence-electron chi connectivity index (χ1n) is 9.79. The molecule has 3 rings (SSSR count). The molecule has 7 nitrogen and oxygen atoms in total. The maximum Gasteiger partial charge on any atom is 0.426 e. The Kier molecular flexibility index (Phi) is 6.79. The maximum absolute atomic E-state index is 12.9. The predicted molar refractivity (Wildman–Crippen MR) is 114 cm³/mol. The van der Waals surface area contributed by atoms with Crippen LogP contribution in [0.5, 0.6) is 0 Å². The lowest BCUT2D eigenvalue weighted by Crippen LogP contribution is -2.52. The Morgan fingerprint density at radius 2 is 1.58 bits per heavy atom. The van der Waals surface area contributed by atoms with Crippen LogP contribution in [0.2, 0.25) is 5.02 Å². The van der Waals surface area contributed by atoms with Crippen molar-refractivity contribution in [2.24, 2.45) is 0 Å². The molecule has 1 atom stereocenters. The first kappa shape index (κ1) is 25.0. The van der Waals surface area contributed by atoms with E-state index in [1.165, 1.54) is 24.3 Å². The zero-order chi connectivity index (χ0) is 24.6. The van der Waals surface area contributed by atoms with Gasteiger partial charge in [0.05, 0.1) is 20.5 Å². The summed E-state index contributed by atoms with van der Waals surface area (Å²) in [6, 6.07) is 8.42. The zero-order valence-electron chi connectivity index (χ0n) is 17.3. The molecule has 0 radical (unpaired) electrons. The number of amides is 2. The summed E-state index contributed by atoms with van der Waals surface area (Å²) in [6.07, 6.45) is -3.39. The fraction of sp³-hybridized carbons (Fsp3) is 0.333. The summed E-state index contributed by atoms with van der Waals surface area (Å²) in [5, 5.41) is 10.9. The SMILES string of the molecule is C[C@@](O)(C(=O)Nc1ccc(S(=O)(=O)c2ccc(C(=O)N3CCCC3)cc2)cc1Cl)C(F)(F)F. The second kappa shape index (κ2) is 8.96. The monoisotopic (exact) mass is 504 g/mol. The quantitative estimate of drug-likeness (QED) is 0.646. The number of likely N-dealkylation sites (tertiary alicyclic amines) is 1. The number of carbonyl (C=O) groups excluding carboxylic acids is 2. The Morgan fingerprint density at radius 1 is 1.03 bits per heavy atom. The zero-order valence-corrected chi connectivity index (χ0v) is 18.9. The van der Waals surface area contributed by atoms with Crippen LogP contribution in [0.4, 0.5) is 18.9 Å². The lowest BCUT2D eigenvalue weighted by atomic mass is 10.1. The minimum Gasteiger partial charge on any atom is -0.373 e. The molecule has 33 heavy (non-hydrogen) atoms. The van der Waals surface area contributed by atoms with Crippen molar-refractivity contribution in [2.45, 2.75) is 41.3 Å². The summed E-state index contributed by atoms with van der Waals surface area (Å²) in [6.45, 7) is 1.59. The number of sulfone groups is 1. The van der Waals surface area contributed by atoms with E-state index in [1.807, 2.05) is 5.32 Å². The molecule has 1 saturated heterocycles. The number of carbonyl (C=O) groups is 2. The molecule has 2 aromatic carbocycles. The number of nitrogens with zero attached hydrogens (tertiary/aromatic N) is 1. The number of anilines is 1. The summed E-state index contributed by atoms with van der Waals surface area (Å²) in [5.41, 5.74) is -3.63. The maximum atomic E-state index is 12.9. The second-order valence-corrected chi connectivity index (χ2v) is 10.0. The van der Waals surface area contributed by atoms with E-state index in [0.717, 1.165) is 31.0 Å². The van der Waals surface area contributed by atoms with Gasteiger partial charge in [0.2, 0.25) is 15.4 Å². The molecule has 1 aliphatic heterocycles. The van der Waals surface area contributed by atoms with Gasteiger partial charge in [0.15, 0.2) is 0 Å². The average molecular weight is 505 g/mol. The Labute approximate surface area is 193 Å². The van der Waals surface area contributed by atoms with Crippen LogP contribution in [0, 0.1) is 0 Å². The fourth-order valence-corrected chi connectivity index (χ4v) is 4.73. The third-order valence-electron chi connectivity index (χ3n) is 5.30. The molecule has 0 spiro atoms. The third-order valence-corrected chi connectivity index (χ3v) is 7.38. The number of benzene rings is 2. The largest absolute Gasteiger partial charge is 0.426 e. The molecular formula is C21H20ClF3N2O5S. The van der Waals surface area contributed by atoms with E-state index in [4.69, 9.17) is 11.6 Å².